The minimum absolute atomic E-state index is 0.0144. The first-order chi connectivity index (χ1) is 39.7. The average Bonchev–Trinajstić information content (AvgIpc) is 3.42. The van der Waals surface area contributed by atoms with Crippen LogP contribution in [0.2, 0.25) is 0 Å². The Morgan fingerprint density at radius 2 is 0.714 bits per heavy atom. The molecule has 0 atom stereocenters. The maximum Gasteiger partial charge on any atom is 0.264 e. The van der Waals surface area contributed by atoms with Crippen molar-refractivity contribution in [2.45, 2.75) is 90.9 Å². The number of ketones is 2. The van der Waals surface area contributed by atoms with Gasteiger partial charge in [-0.3, -0.25) is 37.4 Å². The van der Waals surface area contributed by atoms with E-state index < -0.39 is 75.3 Å². The Balaban J connectivity index is 1.25. The number of unbranched alkanes of at least 4 members (excludes halogenated alkanes) is 2. The molecule has 0 fully saturated rings. The lowest BCUT2D eigenvalue weighted by Crippen LogP contribution is -2.30. The molecule has 6 N–H and O–H groups in total. The molecule has 2 amide bonds. The Hall–Kier alpha value is -6.80. The number of nitrogens with one attached hydrogen (secondary N) is 2. The molecule has 464 valence electrons. The molecule has 0 unspecified atom stereocenters. The molecule has 0 aliphatic carbocycles. The van der Waals surface area contributed by atoms with Gasteiger partial charge in [-0.25, -0.2) is 0 Å². The molecule has 0 aliphatic rings. The van der Waals surface area contributed by atoms with E-state index >= 15 is 0 Å². The van der Waals surface area contributed by atoms with E-state index in [1.54, 1.807) is 60.7 Å². The number of carbonyl (C=O) groups excluding carboxylic acids is 4. The average molecular weight is 1260 g/mol. The zero-order valence-corrected chi connectivity index (χ0v) is 49.8. The molecule has 84 heavy (non-hydrogen) atoms. The van der Waals surface area contributed by atoms with Crippen molar-refractivity contribution in [1.29, 1.82) is 0 Å². The second-order valence-electron chi connectivity index (χ2n) is 18.8. The van der Waals surface area contributed by atoms with Gasteiger partial charge in [0.2, 0.25) is 11.5 Å². The topological polar surface area (TPSA) is 390 Å². The van der Waals surface area contributed by atoms with E-state index in [9.17, 15) is 52.8 Å². The number of ether oxygens (including phenoxy) is 6. The van der Waals surface area contributed by atoms with Crippen LogP contribution in [0.15, 0.2) is 83.0 Å². The number of benzene rings is 4. The van der Waals surface area contributed by atoms with E-state index in [0.29, 0.717) is 84.9 Å². The van der Waals surface area contributed by atoms with Crippen LogP contribution in [0.25, 0.3) is 0 Å². The Bertz CT molecular complexity index is 3240. The molecular weight excluding hydrogens is 1180 g/mol. The number of nitrogens with zero attached hydrogens (tertiary/aromatic N) is 2. The number of carbonyl (C=O) groups is 4. The summed E-state index contributed by atoms with van der Waals surface area (Å²) in [5.74, 6) is -3.48. The summed E-state index contributed by atoms with van der Waals surface area (Å²) >= 11 is 0. The lowest BCUT2D eigenvalue weighted by Gasteiger charge is -2.19. The van der Waals surface area contributed by atoms with Gasteiger partial charge in [0.15, 0.2) is 34.6 Å². The van der Waals surface area contributed by atoms with Crippen molar-refractivity contribution < 1.29 is 99.5 Å². The first-order valence-corrected chi connectivity index (χ1v) is 33.4. The summed E-state index contributed by atoms with van der Waals surface area (Å²) in [5.41, 5.74) is 1.97. The molecule has 4 aromatic carbocycles. The fraction of sp³-hybridized carbons (Fsp3) is 0.481. The summed E-state index contributed by atoms with van der Waals surface area (Å²) in [6.07, 6.45) is 3.17. The van der Waals surface area contributed by atoms with Gasteiger partial charge >= 0.3 is 0 Å². The molecule has 30 heteroatoms. The van der Waals surface area contributed by atoms with Crippen molar-refractivity contribution in [3.05, 3.63) is 95.1 Å². The minimum atomic E-state index is -4.35. The second kappa shape index (κ2) is 34.8. The first kappa shape index (κ1) is 69.7. The van der Waals surface area contributed by atoms with E-state index in [4.69, 9.17) is 46.6 Å². The quantitative estimate of drug-likeness (QED) is 0.0106. The molecule has 0 bridgehead atoms. The number of amides is 2. The van der Waals surface area contributed by atoms with Crippen LogP contribution in [-0.4, -0.2) is 151 Å². The standard InChI is InChI=1S/C54H72N4O22S4/c1-3-25-75-47-35-41(36-48(51(47)79-26-4-2)76-27-9-31-81(63,64)65)46(60)14-7-5-6-13-45(59)39-15-19-43(20-16-39)57-58-44-21-17-40(18-22-44)53(61)55-23-8-24-56-54(62)42-37-49(77-28-10-32-82(66,67)68)52(80-30-12-34-84(72,73)74)50(38-42)78-29-11-33-83(69,70)71/h15-22,35-38H,3-14,23-34H2,1-2H3,(H,55,61)(H,56,62)(H,63,64,65)(H,66,67,68)(H,69,70,71)(H,72,73,74). The monoisotopic (exact) mass is 1260 g/mol. The van der Waals surface area contributed by atoms with E-state index in [0.717, 1.165) is 0 Å². The molecule has 4 rings (SSSR count). The Morgan fingerprint density at radius 3 is 1.11 bits per heavy atom. The maximum atomic E-state index is 13.4. The molecule has 0 spiro atoms. The highest BCUT2D eigenvalue weighted by molar-refractivity contribution is 7.86. The van der Waals surface area contributed by atoms with Crippen LogP contribution in [0.1, 0.15) is 132 Å². The van der Waals surface area contributed by atoms with E-state index in [1.807, 2.05) is 13.8 Å². The van der Waals surface area contributed by atoms with Gasteiger partial charge in [0.05, 0.1) is 74.0 Å². The van der Waals surface area contributed by atoms with E-state index in [-0.39, 0.29) is 125 Å². The fourth-order valence-electron chi connectivity index (χ4n) is 7.50. The van der Waals surface area contributed by atoms with Crippen LogP contribution in [0.3, 0.4) is 0 Å². The van der Waals surface area contributed by atoms with E-state index in [2.05, 4.69) is 20.9 Å². The summed E-state index contributed by atoms with van der Waals surface area (Å²) in [4.78, 5) is 52.7. The van der Waals surface area contributed by atoms with Gasteiger partial charge in [-0.1, -0.05) is 20.3 Å². The van der Waals surface area contributed by atoms with Gasteiger partial charge in [-0.15, -0.1) is 0 Å². The van der Waals surface area contributed by atoms with Crippen LogP contribution in [-0.2, 0) is 40.5 Å². The normalized spacial score (nSPS) is 11.9. The summed E-state index contributed by atoms with van der Waals surface area (Å²) in [5, 5.41) is 13.9. The molecule has 0 saturated heterocycles. The van der Waals surface area contributed by atoms with Crippen molar-refractivity contribution in [2.75, 3.05) is 75.7 Å². The van der Waals surface area contributed by atoms with Crippen LogP contribution in [0.5, 0.6) is 34.5 Å². The van der Waals surface area contributed by atoms with Crippen molar-refractivity contribution >= 4 is 75.2 Å². The van der Waals surface area contributed by atoms with Crippen molar-refractivity contribution in [2.24, 2.45) is 10.2 Å². The van der Waals surface area contributed by atoms with Crippen LogP contribution < -0.4 is 39.1 Å². The smallest absolute Gasteiger partial charge is 0.264 e. The lowest BCUT2D eigenvalue weighted by atomic mass is 10.0. The van der Waals surface area contributed by atoms with Crippen molar-refractivity contribution in [3.8, 4) is 34.5 Å². The molecule has 0 saturated carbocycles. The summed E-state index contributed by atoms with van der Waals surface area (Å²) in [7, 11) is -17.2. The highest BCUT2D eigenvalue weighted by atomic mass is 32.2. The third-order valence-electron chi connectivity index (χ3n) is 11.6. The highest BCUT2D eigenvalue weighted by Gasteiger charge is 2.22. The number of rotatable bonds is 42. The van der Waals surface area contributed by atoms with Gasteiger partial charge < -0.3 is 39.1 Å². The van der Waals surface area contributed by atoms with Crippen LogP contribution in [0, 0.1) is 0 Å². The predicted molar refractivity (Wildman–Crippen MR) is 309 cm³/mol. The van der Waals surface area contributed by atoms with Gasteiger partial charge in [-0.2, -0.15) is 43.9 Å². The van der Waals surface area contributed by atoms with Gasteiger partial charge in [0.1, 0.15) is 0 Å². The number of azo groups is 1. The third kappa shape index (κ3) is 27.7. The van der Waals surface area contributed by atoms with Crippen molar-refractivity contribution in [1.82, 2.24) is 10.6 Å². The molecule has 4 aromatic rings. The first-order valence-electron chi connectivity index (χ1n) is 26.9. The van der Waals surface area contributed by atoms with Gasteiger partial charge in [0, 0.05) is 48.2 Å². The molecule has 0 aliphatic heterocycles. The Kier molecular flexibility index (Phi) is 28.9. The third-order valence-corrected chi connectivity index (χ3v) is 14.8. The zero-order chi connectivity index (χ0) is 61.8. The predicted octanol–water partition coefficient (Wildman–Crippen LogP) is 7.87. The largest absolute Gasteiger partial charge is 0.490 e. The maximum absolute atomic E-state index is 13.4. The fourth-order valence-corrected chi connectivity index (χ4v) is 9.43. The molecule has 0 heterocycles. The summed E-state index contributed by atoms with van der Waals surface area (Å²) < 4.78 is 161. The van der Waals surface area contributed by atoms with E-state index in [1.165, 1.54) is 12.1 Å². The number of hydrogen-bond donors (Lipinski definition) is 6. The highest BCUT2D eigenvalue weighted by Crippen LogP contribution is 2.41. The van der Waals surface area contributed by atoms with Gasteiger partial charge in [-0.05, 0) is 131 Å². The number of hydrogen-bond acceptors (Lipinski definition) is 20. The van der Waals surface area contributed by atoms with Crippen LogP contribution >= 0.6 is 0 Å². The van der Waals surface area contributed by atoms with Crippen LogP contribution in [0.4, 0.5) is 11.4 Å². The Morgan fingerprint density at radius 1 is 0.393 bits per heavy atom. The molecule has 26 nitrogen and oxygen atoms in total. The molecule has 0 aromatic heterocycles. The Labute approximate surface area is 489 Å². The summed E-state index contributed by atoms with van der Waals surface area (Å²) in [6.45, 7) is 3.75. The minimum Gasteiger partial charge on any atom is -0.490 e. The van der Waals surface area contributed by atoms with Gasteiger partial charge in [0.25, 0.3) is 52.3 Å². The SMILES string of the molecule is CCCOc1cc(C(=O)CCCCCC(=O)c2ccc(N=Nc3ccc(C(=O)NCCCNC(=O)c4cc(OCCCS(=O)(=O)O)c(OCCCS(=O)(=O)O)c(OCCCS(=O)(=O)O)c4)cc3)cc2)cc(OCCCS(=O)(=O)O)c1OCCC. The zero-order valence-electron chi connectivity index (χ0n) is 46.6. The summed E-state index contributed by atoms with van der Waals surface area (Å²) in [6, 6.07) is 18.5. The molecule has 0 radical (unpaired) electrons. The molecular formula is C54H72N4O22S4. The second-order valence-corrected chi connectivity index (χ2v) is 25.1. The lowest BCUT2D eigenvalue weighted by molar-refractivity contribution is 0.0943. The van der Waals surface area contributed by atoms with Crippen molar-refractivity contribution in [3.63, 3.8) is 0 Å². The number of Topliss-reactive ketones (excluding diaryl/α,β-unsaturated/α-hetero) is 2.